The van der Waals surface area contributed by atoms with Gasteiger partial charge in [0.1, 0.15) is 5.78 Å². The highest BCUT2D eigenvalue weighted by Gasteiger charge is 2.31. The Morgan fingerprint density at radius 3 is 2.71 bits per heavy atom. The molecular weight excluding hydrogens is 235 g/mol. The number of rotatable bonds is 2. The van der Waals surface area contributed by atoms with Crippen LogP contribution < -0.4 is 0 Å². The molecule has 90 valence electrons. The van der Waals surface area contributed by atoms with Gasteiger partial charge < -0.3 is 0 Å². The number of Topliss-reactive ketones (excluding diaryl/α,β-unsaturated/α-hetero) is 1. The Labute approximate surface area is 94.1 Å². The van der Waals surface area contributed by atoms with Crippen LogP contribution >= 0.6 is 0 Å². The van der Waals surface area contributed by atoms with Gasteiger partial charge in [-0.3, -0.25) is 4.79 Å². The number of alkyl halides is 3. The second kappa shape index (κ2) is 3.83. The van der Waals surface area contributed by atoms with Crippen molar-refractivity contribution in [1.29, 1.82) is 0 Å². The van der Waals surface area contributed by atoms with Crippen molar-refractivity contribution < 1.29 is 18.0 Å². The first-order valence-electron chi connectivity index (χ1n) is 4.78. The van der Waals surface area contributed by atoms with Crippen LogP contribution in [-0.2, 0) is 17.4 Å². The van der Waals surface area contributed by atoms with Gasteiger partial charge in [0, 0.05) is 6.20 Å². The summed E-state index contributed by atoms with van der Waals surface area (Å²) in [6.45, 7) is 1.37. The van der Waals surface area contributed by atoms with Gasteiger partial charge >= 0.3 is 6.18 Å². The lowest BCUT2D eigenvalue weighted by atomic mass is 10.3. The fourth-order valence-corrected chi connectivity index (χ4v) is 1.39. The Kier molecular flexibility index (Phi) is 2.60. The van der Waals surface area contributed by atoms with Crippen molar-refractivity contribution in [3.8, 4) is 0 Å². The molecule has 0 aliphatic heterocycles. The normalized spacial score (nSPS) is 12.0. The van der Waals surface area contributed by atoms with E-state index >= 15 is 0 Å². The highest BCUT2D eigenvalue weighted by atomic mass is 19.4. The van der Waals surface area contributed by atoms with Gasteiger partial charge in [-0.25, -0.2) is 9.50 Å². The van der Waals surface area contributed by atoms with Crippen molar-refractivity contribution in [2.45, 2.75) is 19.5 Å². The number of hydrogen-bond donors (Lipinski definition) is 0. The third-order valence-electron chi connectivity index (χ3n) is 2.11. The number of aromatic nitrogens is 3. The minimum absolute atomic E-state index is 0.0169. The predicted molar refractivity (Wildman–Crippen MR) is 52.4 cm³/mol. The molecule has 0 spiro atoms. The van der Waals surface area contributed by atoms with Crippen LogP contribution in [0.1, 0.15) is 18.3 Å². The van der Waals surface area contributed by atoms with E-state index in [1.165, 1.54) is 13.0 Å². The molecule has 0 aliphatic rings. The largest absolute Gasteiger partial charge is 0.417 e. The number of pyridine rings is 1. The van der Waals surface area contributed by atoms with Crippen LogP contribution in [0.4, 0.5) is 13.2 Å². The molecule has 2 aromatic heterocycles. The summed E-state index contributed by atoms with van der Waals surface area (Å²) in [5.74, 6) is 0.0776. The van der Waals surface area contributed by atoms with Gasteiger partial charge in [0.2, 0.25) is 0 Å². The molecule has 0 fully saturated rings. The Morgan fingerprint density at radius 1 is 1.41 bits per heavy atom. The molecule has 0 aliphatic carbocycles. The summed E-state index contributed by atoms with van der Waals surface area (Å²) in [5, 5.41) is 3.81. The summed E-state index contributed by atoms with van der Waals surface area (Å²) in [5.41, 5.74) is -0.515. The molecule has 0 N–H and O–H groups in total. The van der Waals surface area contributed by atoms with Crippen LogP contribution in [0.15, 0.2) is 18.3 Å². The van der Waals surface area contributed by atoms with E-state index in [1.807, 2.05) is 0 Å². The second-order valence-corrected chi connectivity index (χ2v) is 3.63. The van der Waals surface area contributed by atoms with Crippen LogP contribution in [0.2, 0.25) is 0 Å². The van der Waals surface area contributed by atoms with E-state index in [4.69, 9.17) is 0 Å². The third-order valence-corrected chi connectivity index (χ3v) is 2.11. The zero-order chi connectivity index (χ0) is 12.6. The van der Waals surface area contributed by atoms with Crippen molar-refractivity contribution in [3.63, 3.8) is 0 Å². The summed E-state index contributed by atoms with van der Waals surface area (Å²) in [4.78, 5) is 14.8. The summed E-state index contributed by atoms with van der Waals surface area (Å²) < 4.78 is 38.3. The molecule has 4 nitrogen and oxygen atoms in total. The molecule has 17 heavy (non-hydrogen) atoms. The number of halogens is 3. The van der Waals surface area contributed by atoms with Crippen molar-refractivity contribution in [3.05, 3.63) is 29.7 Å². The lowest BCUT2D eigenvalue weighted by Gasteiger charge is -2.05. The van der Waals surface area contributed by atoms with Gasteiger partial charge in [0.05, 0.1) is 12.0 Å². The maximum atomic E-state index is 12.4. The van der Waals surface area contributed by atoms with Crippen LogP contribution in [0, 0.1) is 0 Å². The van der Waals surface area contributed by atoms with Gasteiger partial charge in [-0.2, -0.15) is 18.3 Å². The quantitative estimate of drug-likeness (QED) is 0.809. The number of nitrogens with zero attached hydrogens (tertiary/aromatic N) is 3. The van der Waals surface area contributed by atoms with Crippen molar-refractivity contribution in [2.24, 2.45) is 0 Å². The van der Waals surface area contributed by atoms with Gasteiger partial charge in [-0.05, 0) is 19.1 Å². The molecule has 0 aromatic carbocycles. The first kappa shape index (κ1) is 11.6. The van der Waals surface area contributed by atoms with E-state index in [2.05, 4.69) is 10.1 Å². The second-order valence-electron chi connectivity index (χ2n) is 3.63. The lowest BCUT2D eigenvalue weighted by Crippen LogP contribution is -2.06. The van der Waals surface area contributed by atoms with E-state index in [1.54, 1.807) is 0 Å². The van der Waals surface area contributed by atoms with Crippen LogP contribution in [0.5, 0.6) is 0 Å². The highest BCUT2D eigenvalue weighted by Crippen LogP contribution is 2.28. The van der Waals surface area contributed by atoms with E-state index in [0.717, 1.165) is 16.8 Å². The third kappa shape index (κ3) is 2.43. The van der Waals surface area contributed by atoms with Crippen LogP contribution in [-0.4, -0.2) is 20.4 Å². The molecule has 2 aromatic rings. The fraction of sp³-hybridized carbons (Fsp3) is 0.300. The van der Waals surface area contributed by atoms with Crippen molar-refractivity contribution in [2.75, 3.05) is 0 Å². The molecule has 0 unspecified atom stereocenters. The number of carbonyl (C=O) groups excluding carboxylic acids is 1. The van der Waals surface area contributed by atoms with E-state index in [-0.39, 0.29) is 23.7 Å². The van der Waals surface area contributed by atoms with E-state index in [0.29, 0.717) is 0 Å². The summed E-state index contributed by atoms with van der Waals surface area (Å²) in [7, 11) is 0. The lowest BCUT2D eigenvalue weighted by molar-refractivity contribution is -0.137. The van der Waals surface area contributed by atoms with Gasteiger partial charge in [0.15, 0.2) is 11.5 Å². The molecular formula is C10H8F3N3O. The molecule has 2 rings (SSSR count). The zero-order valence-corrected chi connectivity index (χ0v) is 8.82. The predicted octanol–water partition coefficient (Wildman–Crippen LogP) is 1.88. The fourth-order valence-electron chi connectivity index (χ4n) is 1.39. The minimum Gasteiger partial charge on any atom is -0.300 e. The smallest absolute Gasteiger partial charge is 0.300 e. The summed E-state index contributed by atoms with van der Waals surface area (Å²) in [6, 6.07) is 2.15. The van der Waals surface area contributed by atoms with Crippen molar-refractivity contribution in [1.82, 2.24) is 14.6 Å². The number of ketones is 1. The van der Waals surface area contributed by atoms with E-state index in [9.17, 15) is 18.0 Å². The van der Waals surface area contributed by atoms with Crippen molar-refractivity contribution >= 4 is 11.4 Å². The SMILES string of the molecule is CC(=O)Cc1nc2ccc(C(F)(F)F)cn2n1. The maximum absolute atomic E-state index is 12.4. The van der Waals surface area contributed by atoms with Crippen LogP contribution in [0.25, 0.3) is 5.65 Å². The molecule has 7 heteroatoms. The molecule has 0 saturated heterocycles. The summed E-state index contributed by atoms with van der Waals surface area (Å²) >= 11 is 0. The molecule has 2 heterocycles. The topological polar surface area (TPSA) is 47.3 Å². The molecule has 0 bridgehead atoms. The van der Waals surface area contributed by atoms with Gasteiger partial charge in [0.25, 0.3) is 0 Å². The Bertz CT molecular complexity index is 574. The zero-order valence-electron chi connectivity index (χ0n) is 8.82. The number of hydrogen-bond acceptors (Lipinski definition) is 3. The first-order chi connectivity index (χ1) is 7.86. The first-order valence-corrected chi connectivity index (χ1v) is 4.78. The van der Waals surface area contributed by atoms with Gasteiger partial charge in [-0.15, -0.1) is 0 Å². The maximum Gasteiger partial charge on any atom is 0.417 e. The highest BCUT2D eigenvalue weighted by molar-refractivity contribution is 5.77. The van der Waals surface area contributed by atoms with E-state index < -0.39 is 11.7 Å². The average Bonchev–Trinajstić information content (AvgIpc) is 2.55. The molecule has 0 atom stereocenters. The standard InChI is InChI=1S/C10H8F3N3O/c1-6(17)4-8-14-9-3-2-7(10(11,12)13)5-16(9)15-8/h2-3,5H,4H2,1H3. The monoisotopic (exact) mass is 243 g/mol. The van der Waals surface area contributed by atoms with Gasteiger partial charge in [-0.1, -0.05) is 0 Å². The Morgan fingerprint density at radius 2 is 2.12 bits per heavy atom. The molecule has 0 radical (unpaired) electrons. The summed E-state index contributed by atoms with van der Waals surface area (Å²) in [6.07, 6.45) is -3.55. The number of fused-ring (bicyclic) bond motifs is 1. The Hall–Kier alpha value is -1.92. The van der Waals surface area contributed by atoms with Crippen LogP contribution in [0.3, 0.4) is 0 Å². The molecule has 0 amide bonds. The Balaban J connectivity index is 2.44. The minimum atomic E-state index is -4.42. The number of carbonyl (C=O) groups is 1. The average molecular weight is 243 g/mol. The molecule has 0 saturated carbocycles.